The van der Waals surface area contributed by atoms with Crippen molar-refractivity contribution in [3.63, 3.8) is 0 Å². The van der Waals surface area contributed by atoms with Crippen molar-refractivity contribution in [1.29, 1.82) is 0 Å². The first-order valence-electron chi connectivity index (χ1n) is 9.61. The van der Waals surface area contributed by atoms with Gasteiger partial charge >= 0.3 is 0 Å². The molecule has 0 amide bonds. The molecule has 2 aliphatic rings. The van der Waals surface area contributed by atoms with E-state index in [4.69, 9.17) is 9.47 Å². The molecule has 2 aromatic rings. The van der Waals surface area contributed by atoms with Crippen molar-refractivity contribution >= 4 is 5.95 Å². The first-order valence-corrected chi connectivity index (χ1v) is 9.61. The summed E-state index contributed by atoms with van der Waals surface area (Å²) in [7, 11) is 0. The molecule has 6 heteroatoms. The van der Waals surface area contributed by atoms with Gasteiger partial charge in [-0.25, -0.2) is 9.97 Å². The lowest BCUT2D eigenvalue weighted by Gasteiger charge is -2.21. The molecule has 0 aliphatic carbocycles. The molecule has 2 N–H and O–H groups in total. The lowest BCUT2D eigenvalue weighted by molar-refractivity contribution is 0.0675. The van der Waals surface area contributed by atoms with E-state index in [0.29, 0.717) is 19.2 Å². The molecule has 2 fully saturated rings. The zero-order valence-electron chi connectivity index (χ0n) is 16.2. The van der Waals surface area contributed by atoms with Crippen LogP contribution in [0.1, 0.15) is 32.0 Å². The van der Waals surface area contributed by atoms with E-state index in [2.05, 4.69) is 65.6 Å². The monoisotopic (exact) mass is 368 g/mol. The molecule has 0 bridgehead atoms. The minimum Gasteiger partial charge on any atom is -0.371 e. The normalized spacial score (nSPS) is 27.5. The van der Waals surface area contributed by atoms with Crippen molar-refractivity contribution in [2.75, 3.05) is 18.5 Å². The zero-order valence-corrected chi connectivity index (χ0v) is 16.2. The maximum Gasteiger partial charge on any atom is 0.223 e. The Morgan fingerprint density at radius 1 is 1.00 bits per heavy atom. The largest absolute Gasteiger partial charge is 0.371 e. The lowest BCUT2D eigenvalue weighted by Crippen LogP contribution is -2.41. The van der Waals surface area contributed by atoms with Crippen molar-refractivity contribution < 1.29 is 9.47 Å². The molecule has 27 heavy (non-hydrogen) atoms. The molecule has 1 aromatic carbocycles. The Morgan fingerprint density at radius 3 is 2.44 bits per heavy atom. The molecule has 0 unspecified atom stereocenters. The summed E-state index contributed by atoms with van der Waals surface area (Å²) in [5.74, 6) is 0.640. The first-order chi connectivity index (χ1) is 13.0. The second-order valence-electron chi connectivity index (χ2n) is 8.34. The number of hydrogen-bond acceptors (Lipinski definition) is 6. The summed E-state index contributed by atoms with van der Waals surface area (Å²) in [4.78, 5) is 9.04. The predicted octanol–water partition coefficient (Wildman–Crippen LogP) is 2.51. The highest BCUT2D eigenvalue weighted by molar-refractivity contribution is 5.30. The summed E-state index contributed by atoms with van der Waals surface area (Å²) in [6.07, 6.45) is 1.88. The van der Waals surface area contributed by atoms with Crippen molar-refractivity contribution in [2.24, 2.45) is 0 Å². The maximum absolute atomic E-state index is 6.05. The number of hydrogen-bond donors (Lipinski definition) is 2. The summed E-state index contributed by atoms with van der Waals surface area (Å²) < 4.78 is 12.1. The smallest absolute Gasteiger partial charge is 0.223 e. The van der Waals surface area contributed by atoms with Crippen LogP contribution in [0.2, 0.25) is 0 Å². The maximum atomic E-state index is 6.05. The number of nitrogens with zero attached hydrogens (tertiary/aromatic N) is 2. The van der Waals surface area contributed by atoms with Gasteiger partial charge in [-0.2, -0.15) is 0 Å². The van der Waals surface area contributed by atoms with Crippen LogP contribution in [0.25, 0.3) is 0 Å². The molecule has 6 nitrogen and oxygen atoms in total. The molecule has 4 atom stereocenters. The average molecular weight is 368 g/mol. The van der Waals surface area contributed by atoms with Crippen molar-refractivity contribution in [3.8, 4) is 0 Å². The van der Waals surface area contributed by atoms with Gasteiger partial charge in [0.2, 0.25) is 5.95 Å². The average Bonchev–Trinajstić information content (AvgIpc) is 3.24. The van der Waals surface area contributed by atoms with E-state index < -0.39 is 0 Å². The van der Waals surface area contributed by atoms with Gasteiger partial charge in [0.25, 0.3) is 0 Å². The van der Waals surface area contributed by atoms with E-state index >= 15 is 0 Å². The van der Waals surface area contributed by atoms with Crippen molar-refractivity contribution in [1.82, 2.24) is 15.3 Å². The van der Waals surface area contributed by atoms with Gasteiger partial charge < -0.3 is 20.1 Å². The van der Waals surface area contributed by atoms with E-state index in [1.165, 1.54) is 5.56 Å². The van der Waals surface area contributed by atoms with Crippen molar-refractivity contribution in [3.05, 3.63) is 53.9 Å². The Bertz CT molecular complexity index is 762. The minimum atomic E-state index is -0.00953. The molecular formula is C21H28N4O2. The van der Waals surface area contributed by atoms with Gasteiger partial charge in [-0.1, -0.05) is 51.1 Å². The second kappa shape index (κ2) is 7.54. The van der Waals surface area contributed by atoms with Crippen LogP contribution in [-0.4, -0.2) is 47.5 Å². The van der Waals surface area contributed by atoms with Crippen LogP contribution in [0.5, 0.6) is 0 Å². The number of aromatic nitrogens is 2. The van der Waals surface area contributed by atoms with Gasteiger partial charge in [0.05, 0.1) is 31.0 Å². The zero-order chi connectivity index (χ0) is 18.9. The summed E-state index contributed by atoms with van der Waals surface area (Å²) in [5, 5.41) is 6.99. The third-order valence-corrected chi connectivity index (χ3v) is 5.20. The van der Waals surface area contributed by atoms with E-state index in [0.717, 1.165) is 12.2 Å². The van der Waals surface area contributed by atoms with Crippen LogP contribution in [0.15, 0.2) is 42.6 Å². The van der Waals surface area contributed by atoms with Crippen LogP contribution in [0.3, 0.4) is 0 Å². The molecule has 4 rings (SSSR count). The van der Waals surface area contributed by atoms with E-state index in [1.807, 2.05) is 18.3 Å². The van der Waals surface area contributed by atoms with Crippen LogP contribution in [0, 0.1) is 0 Å². The summed E-state index contributed by atoms with van der Waals surface area (Å²) in [5.41, 5.74) is 2.27. The second-order valence-corrected chi connectivity index (χ2v) is 8.34. The van der Waals surface area contributed by atoms with Gasteiger partial charge in [-0.05, 0) is 11.6 Å². The topological polar surface area (TPSA) is 68.3 Å². The number of rotatable bonds is 5. The van der Waals surface area contributed by atoms with E-state index in [9.17, 15) is 0 Å². The van der Waals surface area contributed by atoms with Gasteiger partial charge in [-0.15, -0.1) is 0 Å². The third-order valence-electron chi connectivity index (χ3n) is 5.20. The number of nitrogens with one attached hydrogen (secondary N) is 2. The number of benzene rings is 1. The molecule has 0 saturated carbocycles. The number of fused-ring (bicyclic) bond motifs is 1. The van der Waals surface area contributed by atoms with Crippen LogP contribution >= 0.6 is 0 Å². The molecule has 2 saturated heterocycles. The Labute approximate surface area is 160 Å². The Morgan fingerprint density at radius 2 is 1.70 bits per heavy atom. The Balaban J connectivity index is 1.36. The van der Waals surface area contributed by atoms with Crippen LogP contribution in [-0.2, 0) is 21.4 Å². The van der Waals surface area contributed by atoms with Gasteiger partial charge in [0.1, 0.15) is 12.2 Å². The molecular weight excluding hydrogens is 340 g/mol. The molecule has 3 heterocycles. The highest BCUT2D eigenvalue weighted by Crippen LogP contribution is 2.29. The van der Waals surface area contributed by atoms with Gasteiger partial charge in [0, 0.05) is 18.2 Å². The SMILES string of the molecule is CC(C)(C)c1ccnc(N[C@@H]2CO[C@@H]3[C@@H]2OC[C@@H]3NCc2ccccc2)n1. The minimum absolute atomic E-state index is 0.00953. The highest BCUT2D eigenvalue weighted by atomic mass is 16.6. The first kappa shape index (κ1) is 18.3. The fraction of sp³-hybridized carbons (Fsp3) is 0.524. The van der Waals surface area contributed by atoms with Crippen molar-refractivity contribution in [2.45, 2.75) is 57.0 Å². The van der Waals surface area contributed by atoms with Crippen LogP contribution < -0.4 is 10.6 Å². The third kappa shape index (κ3) is 4.13. The lowest BCUT2D eigenvalue weighted by atomic mass is 9.92. The number of anilines is 1. The number of ether oxygens (including phenoxy) is 2. The van der Waals surface area contributed by atoms with E-state index in [-0.39, 0.29) is 29.7 Å². The highest BCUT2D eigenvalue weighted by Gasteiger charge is 2.47. The summed E-state index contributed by atoms with van der Waals surface area (Å²) in [6.45, 7) is 8.52. The fourth-order valence-electron chi connectivity index (χ4n) is 3.65. The standard InChI is InChI=1S/C21H28N4O2/c1-21(2,3)17-9-10-22-20(25-17)24-16-13-27-18-15(12-26-19(16)18)23-11-14-7-5-4-6-8-14/h4-10,15-16,18-19,23H,11-13H2,1-3H3,(H,22,24,25)/t15-,16+,18-,19+/m0/s1. The predicted molar refractivity (Wildman–Crippen MR) is 105 cm³/mol. The molecule has 0 radical (unpaired) electrons. The molecule has 1 aromatic heterocycles. The Kier molecular flexibility index (Phi) is 5.12. The molecule has 2 aliphatic heterocycles. The van der Waals surface area contributed by atoms with Crippen LogP contribution in [0.4, 0.5) is 5.95 Å². The quantitative estimate of drug-likeness (QED) is 0.845. The van der Waals surface area contributed by atoms with E-state index in [1.54, 1.807) is 0 Å². The fourth-order valence-corrected chi connectivity index (χ4v) is 3.65. The van der Waals surface area contributed by atoms with Gasteiger partial charge in [-0.3, -0.25) is 0 Å². The van der Waals surface area contributed by atoms with Gasteiger partial charge in [0.15, 0.2) is 0 Å². The molecule has 0 spiro atoms. The summed E-state index contributed by atoms with van der Waals surface area (Å²) in [6, 6.07) is 12.6. The Hall–Kier alpha value is -2.02. The summed E-state index contributed by atoms with van der Waals surface area (Å²) >= 11 is 0. The molecule has 144 valence electrons.